The van der Waals surface area contributed by atoms with E-state index >= 15 is 0 Å². The van der Waals surface area contributed by atoms with E-state index in [1.165, 1.54) is 17.1 Å². The second-order valence-electron chi connectivity index (χ2n) is 15.7. The molecule has 0 unspecified atom stereocenters. The topological polar surface area (TPSA) is 124 Å². The number of esters is 1. The fourth-order valence-electron chi connectivity index (χ4n) is 8.91. The van der Waals surface area contributed by atoms with Crippen LogP contribution < -0.4 is 0 Å². The van der Waals surface area contributed by atoms with Crippen LogP contribution in [0.2, 0.25) is 0 Å². The number of fused-ring (bicyclic) bond motifs is 2. The van der Waals surface area contributed by atoms with Crippen LogP contribution in [-0.4, -0.2) is 80.2 Å². The number of aliphatic hydroxyl groups excluding tert-OH is 1. The highest BCUT2D eigenvalue weighted by Crippen LogP contribution is 2.50. The number of β-amino-alcohol motifs (C(OH)–C–C–N with tert-alkyl or cyclic N) is 1. The lowest BCUT2D eigenvalue weighted by Crippen LogP contribution is -2.42. The molecule has 8 rings (SSSR count). The number of ether oxygens (including phenoxy) is 4. The maximum absolute atomic E-state index is 14.8. The van der Waals surface area contributed by atoms with Gasteiger partial charge in [-0.05, 0) is 80.0 Å². The molecule has 52 heavy (non-hydrogen) atoms. The first-order valence-electron chi connectivity index (χ1n) is 19.5. The van der Waals surface area contributed by atoms with E-state index in [9.17, 15) is 18.3 Å². The monoisotopic (exact) mass is 752 g/mol. The molecule has 4 heterocycles. The van der Waals surface area contributed by atoms with Crippen molar-refractivity contribution in [2.75, 3.05) is 32.9 Å². The summed E-state index contributed by atoms with van der Waals surface area (Å²) in [6.45, 7) is 2.15. The molecular weight excluding hydrogens is 701 g/mol. The summed E-state index contributed by atoms with van der Waals surface area (Å²) in [5.74, 6) is 0.577. The largest absolute Gasteiger partial charge is 0.462 e. The van der Waals surface area contributed by atoms with Gasteiger partial charge in [0.25, 0.3) is 0 Å². The minimum Gasteiger partial charge on any atom is -0.462 e. The summed E-state index contributed by atoms with van der Waals surface area (Å²) in [6.07, 6.45) is 8.39. The van der Waals surface area contributed by atoms with Gasteiger partial charge in [-0.15, -0.1) is 11.3 Å². The van der Waals surface area contributed by atoms with Gasteiger partial charge < -0.3 is 24.1 Å². The van der Waals surface area contributed by atoms with Crippen LogP contribution in [0.25, 0.3) is 10.2 Å². The maximum Gasteiger partial charge on any atom is 0.306 e. The van der Waals surface area contributed by atoms with Crippen LogP contribution in [0.5, 0.6) is 0 Å². The standard InChI is InChI=1S/C40H52N2O8S2/c43-33(28(17-26-9-5-4-6-10-26)21-38(44)50-34-20-30-25-49-40-39(30)31(34)13-16-48-40)23-42-14-7-2-1-3-8-15-47-24-29-19-32-35(22-36(29)52(42,45)46)51-37(41-32)18-27-11-12-27/h4-6,9-10,19,22,27-28,30-31,33-34,39-40,43H,1-3,7-8,11-18,20-21,23-25H2/t28-,30-,31-,33-,34-,39+,40+/m1/s1. The summed E-state index contributed by atoms with van der Waals surface area (Å²) in [4.78, 5) is 18.8. The quantitative estimate of drug-likeness (QED) is 0.239. The fraction of sp³-hybridized carbons (Fsp3) is 0.650. The Bertz CT molecular complexity index is 1800. The Morgan fingerprint density at radius 1 is 1.04 bits per heavy atom. The second-order valence-corrected chi connectivity index (χ2v) is 18.7. The molecule has 4 fully saturated rings. The minimum atomic E-state index is -4.05. The molecule has 1 N–H and O–H groups in total. The van der Waals surface area contributed by atoms with Crippen molar-refractivity contribution in [3.8, 4) is 0 Å². The number of aromatic nitrogens is 1. The van der Waals surface area contributed by atoms with E-state index in [1.807, 2.05) is 36.4 Å². The van der Waals surface area contributed by atoms with Crippen LogP contribution in [0.15, 0.2) is 47.4 Å². The number of sulfonamides is 1. The number of aliphatic hydroxyl groups is 1. The number of carbonyl (C=O) groups excluding carboxylic acids is 1. The van der Waals surface area contributed by atoms with Gasteiger partial charge in [0.05, 0.1) is 52.5 Å². The summed E-state index contributed by atoms with van der Waals surface area (Å²) < 4.78 is 55.8. The maximum atomic E-state index is 14.8. The fourth-order valence-corrected chi connectivity index (χ4v) is 11.8. The minimum absolute atomic E-state index is 0.00534. The number of nitrogens with zero attached hydrogens (tertiary/aromatic N) is 2. The van der Waals surface area contributed by atoms with E-state index in [2.05, 4.69) is 0 Å². The molecule has 5 aliphatic rings. The SMILES string of the molecule is O=C(C[C@@H](Cc1ccccc1)[C@H](O)CN1CCCCCCCOCc2cc3nc(CC4CC4)sc3cc2S1(=O)=O)O[C@@H]1C[C@@H]2CO[C@@H]3OCC[C@H]1[C@H]23. The van der Waals surface area contributed by atoms with Crippen LogP contribution in [0.3, 0.4) is 0 Å². The third-order valence-electron chi connectivity index (χ3n) is 11.9. The Morgan fingerprint density at radius 3 is 2.71 bits per heavy atom. The average Bonchev–Trinajstić information content (AvgIpc) is 3.55. The highest BCUT2D eigenvalue weighted by Gasteiger charge is 2.55. The van der Waals surface area contributed by atoms with Gasteiger partial charge in [0.2, 0.25) is 10.0 Å². The molecule has 0 spiro atoms. The molecule has 3 aromatic rings. The second kappa shape index (κ2) is 16.1. The molecule has 2 saturated heterocycles. The van der Waals surface area contributed by atoms with Crippen LogP contribution in [0, 0.1) is 29.6 Å². The van der Waals surface area contributed by atoms with Crippen molar-refractivity contribution >= 4 is 37.5 Å². The van der Waals surface area contributed by atoms with Gasteiger partial charge in [0.15, 0.2) is 6.29 Å². The van der Waals surface area contributed by atoms with E-state index in [1.54, 1.807) is 17.4 Å². The van der Waals surface area contributed by atoms with Crippen molar-refractivity contribution in [1.82, 2.24) is 9.29 Å². The number of hydrogen-bond acceptors (Lipinski definition) is 10. The molecule has 2 aromatic carbocycles. The Morgan fingerprint density at radius 2 is 1.87 bits per heavy atom. The van der Waals surface area contributed by atoms with Crippen molar-refractivity contribution in [3.63, 3.8) is 0 Å². The predicted molar refractivity (Wildman–Crippen MR) is 197 cm³/mol. The molecule has 2 aliphatic carbocycles. The normalized spacial score (nSPS) is 29.3. The zero-order valence-corrected chi connectivity index (χ0v) is 31.5. The zero-order valence-electron chi connectivity index (χ0n) is 29.9. The van der Waals surface area contributed by atoms with Gasteiger partial charge in [0, 0.05) is 43.9 Å². The lowest BCUT2D eigenvalue weighted by Gasteiger charge is -2.33. The Balaban J connectivity index is 1.04. The molecule has 7 atom stereocenters. The number of rotatable bonds is 10. The lowest BCUT2D eigenvalue weighted by molar-refractivity contribution is -0.182. The molecule has 2 saturated carbocycles. The van der Waals surface area contributed by atoms with Crippen molar-refractivity contribution in [3.05, 3.63) is 58.6 Å². The average molecular weight is 753 g/mol. The van der Waals surface area contributed by atoms with Crippen LogP contribution in [0.4, 0.5) is 0 Å². The summed E-state index contributed by atoms with van der Waals surface area (Å²) in [5.41, 5.74) is 2.38. The van der Waals surface area contributed by atoms with Gasteiger partial charge >= 0.3 is 5.97 Å². The van der Waals surface area contributed by atoms with Crippen molar-refractivity contribution in [2.45, 2.75) is 107 Å². The lowest BCUT2D eigenvalue weighted by atomic mass is 9.86. The van der Waals surface area contributed by atoms with Crippen LogP contribution in [0.1, 0.15) is 80.3 Å². The third-order valence-corrected chi connectivity index (χ3v) is 14.9. The number of carbonyl (C=O) groups is 1. The predicted octanol–water partition coefficient (Wildman–Crippen LogP) is 6.27. The summed E-state index contributed by atoms with van der Waals surface area (Å²) in [7, 11) is -4.05. The molecule has 1 aromatic heterocycles. The summed E-state index contributed by atoms with van der Waals surface area (Å²) >= 11 is 1.57. The zero-order chi connectivity index (χ0) is 35.7. The molecule has 12 heteroatoms. The Labute approximate surface area is 311 Å². The van der Waals surface area contributed by atoms with Crippen molar-refractivity contribution in [1.29, 1.82) is 0 Å². The van der Waals surface area contributed by atoms with Gasteiger partial charge in [-0.2, -0.15) is 4.31 Å². The molecular formula is C40H52N2O8S2. The highest BCUT2D eigenvalue weighted by atomic mass is 32.2. The number of benzene rings is 2. The molecule has 0 bridgehead atoms. The molecule has 282 valence electrons. The first-order valence-corrected chi connectivity index (χ1v) is 21.7. The van der Waals surface area contributed by atoms with Crippen molar-refractivity contribution in [2.24, 2.45) is 29.6 Å². The van der Waals surface area contributed by atoms with E-state index in [-0.39, 0.29) is 61.2 Å². The van der Waals surface area contributed by atoms with E-state index in [4.69, 9.17) is 23.9 Å². The van der Waals surface area contributed by atoms with E-state index in [0.717, 1.165) is 65.7 Å². The number of hydrogen-bond donors (Lipinski definition) is 1. The van der Waals surface area contributed by atoms with E-state index < -0.39 is 22.0 Å². The van der Waals surface area contributed by atoms with Crippen LogP contribution in [-0.2, 0) is 53.2 Å². The van der Waals surface area contributed by atoms with Crippen molar-refractivity contribution < 1.29 is 37.3 Å². The van der Waals surface area contributed by atoms with Crippen LogP contribution >= 0.6 is 11.3 Å². The highest BCUT2D eigenvalue weighted by molar-refractivity contribution is 7.89. The molecule has 0 amide bonds. The first kappa shape index (κ1) is 36.5. The molecule has 3 aliphatic heterocycles. The summed E-state index contributed by atoms with van der Waals surface area (Å²) in [6, 6.07) is 13.4. The first-order chi connectivity index (χ1) is 25.3. The Kier molecular flexibility index (Phi) is 11.3. The van der Waals surface area contributed by atoms with Gasteiger partial charge in [0.1, 0.15) is 6.10 Å². The smallest absolute Gasteiger partial charge is 0.306 e. The van der Waals surface area contributed by atoms with Gasteiger partial charge in [-0.3, -0.25) is 4.79 Å². The molecule has 10 nitrogen and oxygen atoms in total. The van der Waals surface area contributed by atoms with Gasteiger partial charge in [-0.1, -0.05) is 49.6 Å². The third kappa shape index (κ3) is 8.28. The molecule has 0 radical (unpaired) electrons. The Hall–Kier alpha value is -2.45. The van der Waals surface area contributed by atoms with E-state index in [0.29, 0.717) is 50.1 Å². The summed E-state index contributed by atoms with van der Waals surface area (Å²) in [5, 5.41) is 13.0. The number of thiazole rings is 1. The van der Waals surface area contributed by atoms with Gasteiger partial charge in [-0.25, -0.2) is 13.4 Å².